The zero-order chi connectivity index (χ0) is 21.7. The molecule has 0 bridgehead atoms. The van der Waals surface area contributed by atoms with E-state index in [0.29, 0.717) is 6.54 Å². The van der Waals surface area contributed by atoms with Crippen LogP contribution in [0.25, 0.3) is 10.9 Å². The molecule has 0 radical (unpaired) electrons. The van der Waals surface area contributed by atoms with Gasteiger partial charge in [-0.15, -0.1) is 10.2 Å². The summed E-state index contributed by atoms with van der Waals surface area (Å²) in [5.41, 5.74) is 3.13. The first kappa shape index (κ1) is 23.2. The van der Waals surface area contributed by atoms with Crippen LogP contribution in [0.15, 0.2) is 65.6 Å². The van der Waals surface area contributed by atoms with E-state index in [-0.39, 0.29) is 11.5 Å². The third-order valence-corrected chi connectivity index (χ3v) is 5.35. The molecule has 1 heterocycles. The van der Waals surface area contributed by atoms with E-state index in [1.54, 1.807) is 24.3 Å². The molecule has 1 aromatic heterocycles. The summed E-state index contributed by atoms with van der Waals surface area (Å²) in [6.45, 7) is 4.48. The number of pyridine rings is 1. The van der Waals surface area contributed by atoms with Crippen LogP contribution >= 0.6 is 0 Å². The SMILES string of the molecule is Cc1ccc(S(=O)(=O)OCC[n+]2c(C)ccc3ccccc32)cc1.[O-][Cl+3]([O-])([O-])[O-]. The molecule has 2 aromatic carbocycles. The largest absolute Gasteiger partial charge is 0.297 e. The maximum Gasteiger partial charge on any atom is 0.297 e. The minimum atomic E-state index is -4.94. The van der Waals surface area contributed by atoms with Gasteiger partial charge >= 0.3 is 0 Å². The zero-order valence-corrected chi connectivity index (χ0v) is 17.4. The van der Waals surface area contributed by atoms with E-state index in [9.17, 15) is 8.42 Å². The van der Waals surface area contributed by atoms with Crippen molar-refractivity contribution in [1.82, 2.24) is 0 Å². The topological polar surface area (TPSA) is 139 Å². The van der Waals surface area contributed by atoms with Crippen molar-refractivity contribution in [2.45, 2.75) is 25.3 Å². The highest BCUT2D eigenvalue weighted by Gasteiger charge is 2.18. The summed E-state index contributed by atoms with van der Waals surface area (Å²) >= 11 is 0. The molecular weight excluding hydrogens is 422 g/mol. The highest BCUT2D eigenvalue weighted by Crippen LogP contribution is 2.14. The van der Waals surface area contributed by atoms with Gasteiger partial charge in [0.05, 0.1) is 4.90 Å². The van der Waals surface area contributed by atoms with E-state index in [4.69, 9.17) is 22.8 Å². The first-order valence-corrected chi connectivity index (χ1v) is 11.1. The van der Waals surface area contributed by atoms with Crippen molar-refractivity contribution in [1.29, 1.82) is 0 Å². The third-order valence-electron chi connectivity index (χ3n) is 4.02. The predicted molar refractivity (Wildman–Crippen MR) is 93.2 cm³/mol. The van der Waals surface area contributed by atoms with Crippen LogP contribution in [-0.4, -0.2) is 15.0 Å². The van der Waals surface area contributed by atoms with E-state index in [1.807, 2.05) is 44.2 Å². The Bertz CT molecular complexity index is 1060. The summed E-state index contributed by atoms with van der Waals surface area (Å²) < 4.78 is 65.8. The lowest BCUT2D eigenvalue weighted by molar-refractivity contribution is -2.00. The van der Waals surface area contributed by atoms with Crippen molar-refractivity contribution in [3.05, 3.63) is 71.9 Å². The first-order chi connectivity index (χ1) is 13.5. The molecule has 0 saturated carbocycles. The molecule has 10 heteroatoms. The molecule has 29 heavy (non-hydrogen) atoms. The number of benzene rings is 2. The molecule has 0 aliphatic carbocycles. The van der Waals surface area contributed by atoms with Gasteiger partial charge in [-0.3, -0.25) is 4.18 Å². The van der Waals surface area contributed by atoms with Crippen LogP contribution in [0, 0.1) is 24.1 Å². The quantitative estimate of drug-likeness (QED) is 0.343. The van der Waals surface area contributed by atoms with Crippen molar-refractivity contribution in [2.75, 3.05) is 6.61 Å². The van der Waals surface area contributed by atoms with Crippen LogP contribution in [0.3, 0.4) is 0 Å². The smallest absolute Gasteiger partial charge is 0.260 e. The number of hydrogen-bond donors (Lipinski definition) is 0. The van der Waals surface area contributed by atoms with Gasteiger partial charge in [-0.05, 0) is 31.2 Å². The molecule has 0 aliphatic rings. The summed E-state index contributed by atoms with van der Waals surface area (Å²) in [6, 6.07) is 18.8. The van der Waals surface area contributed by atoms with Crippen LogP contribution in [0.5, 0.6) is 0 Å². The molecule has 0 unspecified atom stereocenters. The number of nitrogens with zero attached hydrogens (tertiary/aromatic N) is 1. The Balaban J connectivity index is 0.000000537. The molecule has 0 spiro atoms. The molecule has 0 aliphatic heterocycles. The van der Waals surface area contributed by atoms with Gasteiger partial charge in [-0.25, -0.2) is 18.6 Å². The number of hydrogen-bond acceptors (Lipinski definition) is 7. The maximum atomic E-state index is 12.3. The van der Waals surface area contributed by atoms with Gasteiger partial charge in [0.15, 0.2) is 12.2 Å². The fraction of sp³-hybridized carbons (Fsp3) is 0.211. The summed E-state index contributed by atoms with van der Waals surface area (Å²) in [4.78, 5) is 0.188. The maximum absolute atomic E-state index is 12.3. The number of rotatable bonds is 5. The van der Waals surface area contributed by atoms with E-state index < -0.39 is 20.4 Å². The van der Waals surface area contributed by atoms with Crippen LogP contribution in [0.4, 0.5) is 0 Å². The number of fused-ring (bicyclic) bond motifs is 1. The van der Waals surface area contributed by atoms with Crippen LogP contribution in [0.1, 0.15) is 11.3 Å². The fourth-order valence-corrected chi connectivity index (χ4v) is 3.57. The Morgan fingerprint density at radius 2 is 1.48 bits per heavy atom. The Labute approximate surface area is 171 Å². The van der Waals surface area contributed by atoms with Gasteiger partial charge in [0.1, 0.15) is 6.61 Å². The Hall–Kier alpha value is -2.11. The molecular formula is C19H20ClNO7S. The average molecular weight is 442 g/mol. The summed E-state index contributed by atoms with van der Waals surface area (Å²) in [5.74, 6) is 0. The second-order valence-electron chi connectivity index (χ2n) is 6.15. The predicted octanol–water partition coefficient (Wildman–Crippen LogP) is -1.61. The van der Waals surface area contributed by atoms with E-state index in [2.05, 4.69) is 10.6 Å². The van der Waals surface area contributed by atoms with E-state index in [1.165, 1.54) is 0 Å². The molecule has 156 valence electrons. The van der Waals surface area contributed by atoms with Crippen LogP contribution < -0.4 is 23.2 Å². The van der Waals surface area contributed by atoms with Crippen LogP contribution in [0.2, 0.25) is 0 Å². The molecule has 8 nitrogen and oxygen atoms in total. The Morgan fingerprint density at radius 1 is 0.897 bits per heavy atom. The van der Waals surface area contributed by atoms with Gasteiger partial charge in [0.2, 0.25) is 5.52 Å². The van der Waals surface area contributed by atoms with Gasteiger partial charge in [0.25, 0.3) is 10.1 Å². The second-order valence-corrected chi connectivity index (χ2v) is 8.52. The molecule has 0 atom stereocenters. The minimum absolute atomic E-state index is 0.0930. The van der Waals surface area contributed by atoms with Gasteiger partial charge < -0.3 is 0 Å². The van der Waals surface area contributed by atoms with Gasteiger partial charge in [0, 0.05) is 24.4 Å². The van der Waals surface area contributed by atoms with Crippen molar-refractivity contribution in [2.24, 2.45) is 0 Å². The van der Waals surface area contributed by atoms with Crippen LogP contribution in [-0.2, 0) is 20.8 Å². The van der Waals surface area contributed by atoms with Crippen molar-refractivity contribution >= 4 is 21.0 Å². The Morgan fingerprint density at radius 3 is 2.10 bits per heavy atom. The standard InChI is InChI=1S/C19H20NO3S.ClHO4/c1-15-7-11-18(12-8-15)24(21,22)23-14-13-20-16(2)9-10-17-5-3-4-6-19(17)20;2-1(3,4)5/h3-12H,13-14H2,1-2H3;(H,2,3,4,5)/q+1;/p-1. The van der Waals surface area contributed by atoms with Crippen molar-refractivity contribution in [3.8, 4) is 0 Å². The summed E-state index contributed by atoms with van der Waals surface area (Å²) in [6.07, 6.45) is 0. The third kappa shape index (κ3) is 7.33. The normalized spacial score (nSPS) is 11.8. The highest BCUT2D eigenvalue weighted by molar-refractivity contribution is 7.86. The number of aromatic nitrogens is 1. The number of aryl methyl sites for hydroxylation is 2. The average Bonchev–Trinajstić information content (AvgIpc) is 2.62. The fourth-order valence-electron chi connectivity index (χ4n) is 2.67. The van der Waals surface area contributed by atoms with Crippen molar-refractivity contribution in [3.63, 3.8) is 0 Å². The number of halogens is 1. The highest BCUT2D eigenvalue weighted by atomic mass is 35.7. The molecule has 3 aromatic rings. The lowest BCUT2D eigenvalue weighted by Gasteiger charge is -2.17. The summed E-state index contributed by atoms with van der Waals surface area (Å²) in [5, 5.41) is 1.12. The van der Waals surface area contributed by atoms with E-state index >= 15 is 0 Å². The van der Waals surface area contributed by atoms with Gasteiger partial charge in [-0.2, -0.15) is 13.0 Å². The van der Waals surface area contributed by atoms with Gasteiger partial charge in [-0.1, -0.05) is 29.8 Å². The Kier molecular flexibility index (Phi) is 7.66. The molecule has 0 fully saturated rings. The molecule has 0 N–H and O–H groups in total. The van der Waals surface area contributed by atoms with Crippen molar-refractivity contribution < 1.29 is 46.0 Å². The molecule has 0 amide bonds. The number of para-hydroxylation sites is 1. The zero-order valence-electron chi connectivity index (χ0n) is 15.8. The monoisotopic (exact) mass is 441 g/mol. The lowest BCUT2D eigenvalue weighted by atomic mass is 10.2. The second kappa shape index (κ2) is 9.59. The lowest BCUT2D eigenvalue weighted by Crippen LogP contribution is -2.68. The molecule has 0 saturated heterocycles. The van der Waals surface area contributed by atoms with E-state index in [0.717, 1.165) is 22.2 Å². The minimum Gasteiger partial charge on any atom is -0.260 e. The first-order valence-electron chi connectivity index (χ1n) is 8.43. The molecule has 3 rings (SSSR count). The summed E-state index contributed by atoms with van der Waals surface area (Å²) in [7, 11) is -8.67.